The molecule has 25 heavy (non-hydrogen) atoms. The molecule has 0 bridgehead atoms. The van der Waals surface area contributed by atoms with Crippen molar-refractivity contribution >= 4 is 28.9 Å². The lowest BCUT2D eigenvalue weighted by atomic mass is 10.0. The number of amides is 1. The van der Waals surface area contributed by atoms with Crippen molar-refractivity contribution in [1.29, 1.82) is 0 Å². The average Bonchev–Trinajstić information content (AvgIpc) is 2.61. The van der Waals surface area contributed by atoms with E-state index in [1.165, 1.54) is 19.8 Å². The molecule has 0 aliphatic rings. The van der Waals surface area contributed by atoms with Crippen LogP contribution in [-0.2, 0) is 4.79 Å². The molecule has 2 aromatic rings. The summed E-state index contributed by atoms with van der Waals surface area (Å²) in [7, 11) is 3.04. The van der Waals surface area contributed by atoms with Gasteiger partial charge < -0.3 is 20.1 Å². The molecule has 2 aromatic carbocycles. The Kier molecular flexibility index (Phi) is 6.53. The molecule has 0 atom stereocenters. The molecule has 0 heterocycles. The molecule has 0 aliphatic carbocycles. The van der Waals surface area contributed by atoms with Gasteiger partial charge >= 0.3 is 0 Å². The van der Waals surface area contributed by atoms with Gasteiger partial charge in [-0.25, -0.2) is 0 Å². The third kappa shape index (κ3) is 4.79. The van der Waals surface area contributed by atoms with E-state index >= 15 is 0 Å². The van der Waals surface area contributed by atoms with Crippen LogP contribution in [-0.4, -0.2) is 26.7 Å². The number of rotatable bonds is 7. The molecule has 2 N–H and O–H groups in total. The van der Waals surface area contributed by atoms with Crippen LogP contribution in [0.1, 0.15) is 25.3 Å². The van der Waals surface area contributed by atoms with Crippen LogP contribution in [0, 0.1) is 0 Å². The van der Waals surface area contributed by atoms with Crippen molar-refractivity contribution in [3.05, 3.63) is 47.0 Å². The standard InChI is InChI=1S/C19H23ClN2O3/c1-12(2)13-7-5-6-8-15(13)21-11-19(23)22-16-10-17(24-3)14(20)9-18(16)25-4/h5-10,12,21H,11H2,1-4H3,(H,22,23). The van der Waals surface area contributed by atoms with Gasteiger partial charge in [0, 0.05) is 17.8 Å². The Morgan fingerprint density at radius 3 is 2.40 bits per heavy atom. The monoisotopic (exact) mass is 362 g/mol. The van der Waals surface area contributed by atoms with Crippen LogP contribution in [0.5, 0.6) is 11.5 Å². The Hall–Kier alpha value is -2.40. The van der Waals surface area contributed by atoms with Gasteiger partial charge in [-0.2, -0.15) is 0 Å². The van der Waals surface area contributed by atoms with E-state index in [-0.39, 0.29) is 12.5 Å². The van der Waals surface area contributed by atoms with Crippen LogP contribution < -0.4 is 20.1 Å². The summed E-state index contributed by atoms with van der Waals surface area (Å²) in [4.78, 5) is 12.3. The predicted molar refractivity (Wildman–Crippen MR) is 102 cm³/mol. The van der Waals surface area contributed by atoms with E-state index in [0.29, 0.717) is 28.1 Å². The summed E-state index contributed by atoms with van der Waals surface area (Å²) < 4.78 is 10.4. The number of anilines is 2. The van der Waals surface area contributed by atoms with Gasteiger partial charge in [0.15, 0.2) is 0 Å². The lowest BCUT2D eigenvalue weighted by Gasteiger charge is -2.16. The van der Waals surface area contributed by atoms with Crippen LogP contribution in [0.2, 0.25) is 5.02 Å². The molecule has 0 saturated carbocycles. The van der Waals surface area contributed by atoms with Crippen molar-refractivity contribution in [2.45, 2.75) is 19.8 Å². The van der Waals surface area contributed by atoms with Gasteiger partial charge in [-0.15, -0.1) is 0 Å². The quantitative estimate of drug-likeness (QED) is 0.759. The SMILES string of the molecule is COc1cc(NC(=O)CNc2ccccc2C(C)C)c(OC)cc1Cl. The largest absolute Gasteiger partial charge is 0.495 e. The Morgan fingerprint density at radius 1 is 1.08 bits per heavy atom. The number of carbonyl (C=O) groups is 1. The van der Waals surface area contributed by atoms with E-state index in [2.05, 4.69) is 30.5 Å². The third-order valence-electron chi connectivity index (χ3n) is 3.77. The van der Waals surface area contributed by atoms with E-state index in [9.17, 15) is 4.79 Å². The Bertz CT molecular complexity index is 747. The summed E-state index contributed by atoms with van der Waals surface area (Å²) in [5.41, 5.74) is 2.63. The minimum absolute atomic E-state index is 0.137. The highest BCUT2D eigenvalue weighted by molar-refractivity contribution is 6.32. The van der Waals surface area contributed by atoms with E-state index in [1.54, 1.807) is 12.1 Å². The summed E-state index contributed by atoms with van der Waals surface area (Å²) >= 11 is 6.07. The molecule has 1 amide bonds. The smallest absolute Gasteiger partial charge is 0.243 e. The minimum atomic E-state index is -0.193. The second-order valence-corrected chi connectivity index (χ2v) is 6.24. The van der Waals surface area contributed by atoms with Crippen molar-refractivity contribution in [2.75, 3.05) is 31.4 Å². The van der Waals surface area contributed by atoms with Crippen molar-refractivity contribution in [3.63, 3.8) is 0 Å². The highest BCUT2D eigenvalue weighted by atomic mass is 35.5. The van der Waals surface area contributed by atoms with Gasteiger partial charge in [-0.1, -0.05) is 43.6 Å². The maximum atomic E-state index is 12.3. The fraction of sp³-hybridized carbons (Fsp3) is 0.316. The zero-order chi connectivity index (χ0) is 18.4. The minimum Gasteiger partial charge on any atom is -0.495 e. The predicted octanol–water partition coefficient (Wildman–Crippen LogP) is 4.53. The second kappa shape index (κ2) is 8.62. The zero-order valence-corrected chi connectivity index (χ0v) is 15.6. The van der Waals surface area contributed by atoms with Gasteiger partial charge in [-0.05, 0) is 17.5 Å². The molecule has 2 rings (SSSR count). The molecule has 0 fully saturated rings. The fourth-order valence-corrected chi connectivity index (χ4v) is 2.72. The number of hydrogen-bond donors (Lipinski definition) is 2. The van der Waals surface area contributed by atoms with Crippen molar-refractivity contribution in [1.82, 2.24) is 0 Å². The Labute approximate surface area is 153 Å². The first-order valence-corrected chi connectivity index (χ1v) is 8.38. The molecule has 134 valence electrons. The first kappa shape index (κ1) is 18.9. The second-order valence-electron chi connectivity index (χ2n) is 5.83. The number of nitrogens with one attached hydrogen (secondary N) is 2. The lowest BCUT2D eigenvalue weighted by molar-refractivity contribution is -0.114. The van der Waals surface area contributed by atoms with E-state index in [4.69, 9.17) is 21.1 Å². The number of methoxy groups -OCH3 is 2. The third-order valence-corrected chi connectivity index (χ3v) is 4.07. The first-order valence-electron chi connectivity index (χ1n) is 8.00. The van der Waals surface area contributed by atoms with Crippen LogP contribution in [0.3, 0.4) is 0 Å². The van der Waals surface area contributed by atoms with Crippen LogP contribution in [0.15, 0.2) is 36.4 Å². The first-order chi connectivity index (χ1) is 12.0. The summed E-state index contributed by atoms with van der Waals surface area (Å²) in [6.07, 6.45) is 0. The molecule has 6 heteroatoms. The lowest BCUT2D eigenvalue weighted by Crippen LogP contribution is -2.22. The number of carbonyl (C=O) groups excluding carboxylic acids is 1. The van der Waals surface area contributed by atoms with Crippen molar-refractivity contribution in [3.8, 4) is 11.5 Å². The summed E-state index contributed by atoms with van der Waals surface area (Å²) in [6, 6.07) is 11.2. The molecule has 0 radical (unpaired) electrons. The Morgan fingerprint density at radius 2 is 1.76 bits per heavy atom. The molecule has 0 aromatic heterocycles. The Balaban J connectivity index is 2.08. The van der Waals surface area contributed by atoms with E-state index < -0.39 is 0 Å². The molecule has 0 saturated heterocycles. The molecule has 0 unspecified atom stereocenters. The van der Waals surface area contributed by atoms with Crippen molar-refractivity contribution in [2.24, 2.45) is 0 Å². The topological polar surface area (TPSA) is 59.6 Å². The number of halogens is 1. The number of ether oxygens (including phenoxy) is 2. The molecule has 0 aliphatic heterocycles. The van der Waals surface area contributed by atoms with Crippen molar-refractivity contribution < 1.29 is 14.3 Å². The van der Waals surface area contributed by atoms with Gasteiger partial charge in [0.25, 0.3) is 0 Å². The fourth-order valence-electron chi connectivity index (χ4n) is 2.49. The maximum absolute atomic E-state index is 12.3. The number of benzene rings is 2. The van der Waals surface area contributed by atoms with Gasteiger partial charge in [0.1, 0.15) is 11.5 Å². The van der Waals surface area contributed by atoms with Crippen LogP contribution in [0.4, 0.5) is 11.4 Å². The van der Waals surface area contributed by atoms with E-state index in [0.717, 1.165) is 5.69 Å². The normalized spacial score (nSPS) is 10.5. The van der Waals surface area contributed by atoms with E-state index in [1.807, 2.05) is 18.2 Å². The summed E-state index contributed by atoms with van der Waals surface area (Å²) in [5.74, 6) is 1.12. The molecular weight excluding hydrogens is 340 g/mol. The zero-order valence-electron chi connectivity index (χ0n) is 14.9. The van der Waals surface area contributed by atoms with Gasteiger partial charge in [0.2, 0.25) is 5.91 Å². The molecular formula is C19H23ClN2O3. The summed E-state index contributed by atoms with van der Waals surface area (Å²) in [5, 5.41) is 6.42. The molecule has 0 spiro atoms. The number of para-hydroxylation sites is 1. The van der Waals surface area contributed by atoms with Crippen LogP contribution in [0.25, 0.3) is 0 Å². The highest BCUT2D eigenvalue weighted by Crippen LogP contribution is 2.35. The summed E-state index contributed by atoms with van der Waals surface area (Å²) in [6.45, 7) is 4.37. The highest BCUT2D eigenvalue weighted by Gasteiger charge is 2.13. The van der Waals surface area contributed by atoms with Gasteiger partial charge in [-0.3, -0.25) is 4.79 Å². The van der Waals surface area contributed by atoms with Crippen LogP contribution >= 0.6 is 11.6 Å². The van der Waals surface area contributed by atoms with Gasteiger partial charge in [0.05, 0.1) is 31.5 Å². The molecule has 5 nitrogen and oxygen atoms in total. The maximum Gasteiger partial charge on any atom is 0.243 e. The average molecular weight is 363 g/mol. The number of hydrogen-bond acceptors (Lipinski definition) is 4.